The molecule has 0 bridgehead atoms. The summed E-state index contributed by atoms with van der Waals surface area (Å²) in [7, 11) is 1.33. The molecular weight excluding hydrogens is 262 g/mol. The summed E-state index contributed by atoms with van der Waals surface area (Å²) < 4.78 is 4.64. The Hall–Kier alpha value is -1.36. The molecule has 0 aliphatic rings. The van der Waals surface area contributed by atoms with Gasteiger partial charge in [0.15, 0.2) is 0 Å². The van der Waals surface area contributed by atoms with E-state index in [9.17, 15) is 9.59 Å². The number of ether oxygens (including phenoxy) is 1. The van der Waals surface area contributed by atoms with Crippen LogP contribution < -0.4 is 0 Å². The van der Waals surface area contributed by atoms with Gasteiger partial charge in [-0.05, 0) is 38.8 Å². The van der Waals surface area contributed by atoms with E-state index < -0.39 is 5.97 Å². The van der Waals surface area contributed by atoms with Gasteiger partial charge in [0.25, 0.3) is 5.91 Å². The molecule has 0 saturated carbocycles. The maximum Gasteiger partial charge on any atom is 0.325 e. The molecule has 0 radical (unpaired) electrons. The second-order valence-electron chi connectivity index (χ2n) is 4.67. The summed E-state index contributed by atoms with van der Waals surface area (Å²) in [6, 6.07) is 1.86. The summed E-state index contributed by atoms with van der Waals surface area (Å²) in [5, 5.41) is 0. The SMILES string of the molecule is CCc1sc(C(=O)N(CC(=O)OC)C(C)C)cc1C. The molecule has 1 aromatic heterocycles. The summed E-state index contributed by atoms with van der Waals surface area (Å²) in [6.07, 6.45) is 0.919. The number of hydrogen-bond acceptors (Lipinski definition) is 4. The van der Waals surface area contributed by atoms with Gasteiger partial charge in [-0.25, -0.2) is 0 Å². The van der Waals surface area contributed by atoms with Crippen LogP contribution in [0, 0.1) is 6.92 Å². The molecular formula is C14H21NO3S. The van der Waals surface area contributed by atoms with Crippen molar-refractivity contribution in [1.82, 2.24) is 4.90 Å². The number of hydrogen-bond donors (Lipinski definition) is 0. The summed E-state index contributed by atoms with van der Waals surface area (Å²) in [5.41, 5.74) is 1.14. The van der Waals surface area contributed by atoms with E-state index in [1.807, 2.05) is 26.8 Å². The molecule has 106 valence electrons. The van der Waals surface area contributed by atoms with Crippen LogP contribution in [0.25, 0.3) is 0 Å². The average Bonchev–Trinajstić information content (AvgIpc) is 2.75. The fourth-order valence-electron chi connectivity index (χ4n) is 1.81. The zero-order valence-corrected chi connectivity index (χ0v) is 13.0. The molecule has 1 aromatic rings. The smallest absolute Gasteiger partial charge is 0.325 e. The van der Waals surface area contributed by atoms with Crippen molar-refractivity contribution in [3.05, 3.63) is 21.4 Å². The summed E-state index contributed by atoms with van der Waals surface area (Å²) >= 11 is 1.50. The highest BCUT2D eigenvalue weighted by Crippen LogP contribution is 2.24. The summed E-state index contributed by atoms with van der Waals surface area (Å²) in [4.78, 5) is 27.3. The van der Waals surface area contributed by atoms with E-state index in [-0.39, 0.29) is 18.5 Å². The van der Waals surface area contributed by atoms with Crippen LogP contribution in [-0.2, 0) is 16.0 Å². The Kier molecular flexibility index (Phi) is 5.54. The van der Waals surface area contributed by atoms with Crippen molar-refractivity contribution in [3.63, 3.8) is 0 Å². The third-order valence-corrected chi connectivity index (χ3v) is 4.33. The lowest BCUT2D eigenvalue weighted by Crippen LogP contribution is -2.40. The number of esters is 1. The Morgan fingerprint density at radius 2 is 2.05 bits per heavy atom. The average molecular weight is 283 g/mol. The Labute approximate surface area is 118 Å². The number of methoxy groups -OCH3 is 1. The van der Waals surface area contributed by atoms with Crippen molar-refractivity contribution in [2.45, 2.75) is 40.2 Å². The third-order valence-electron chi connectivity index (χ3n) is 2.96. The topological polar surface area (TPSA) is 46.6 Å². The second-order valence-corrected chi connectivity index (χ2v) is 5.81. The minimum atomic E-state index is -0.397. The van der Waals surface area contributed by atoms with Crippen LogP contribution in [0.1, 0.15) is 40.9 Å². The van der Waals surface area contributed by atoms with Gasteiger partial charge in [-0.2, -0.15) is 0 Å². The minimum Gasteiger partial charge on any atom is -0.468 e. The lowest BCUT2D eigenvalue weighted by Gasteiger charge is -2.24. The van der Waals surface area contributed by atoms with Crippen LogP contribution in [0.15, 0.2) is 6.07 Å². The van der Waals surface area contributed by atoms with E-state index in [0.29, 0.717) is 4.88 Å². The molecule has 0 aromatic carbocycles. The largest absolute Gasteiger partial charge is 0.468 e. The number of rotatable bonds is 5. The van der Waals surface area contributed by atoms with Crippen molar-refractivity contribution < 1.29 is 14.3 Å². The number of carbonyl (C=O) groups excluding carboxylic acids is 2. The predicted octanol–water partition coefficient (Wildman–Crippen LogP) is 2.64. The first-order chi connectivity index (χ1) is 8.90. The maximum atomic E-state index is 12.4. The molecule has 1 amide bonds. The Bertz CT molecular complexity index is 465. The van der Waals surface area contributed by atoms with Crippen LogP contribution in [0.2, 0.25) is 0 Å². The molecule has 19 heavy (non-hydrogen) atoms. The van der Waals surface area contributed by atoms with E-state index in [1.165, 1.54) is 28.2 Å². The molecule has 1 rings (SSSR count). The van der Waals surface area contributed by atoms with Gasteiger partial charge in [-0.3, -0.25) is 9.59 Å². The van der Waals surface area contributed by atoms with Crippen molar-refractivity contribution in [1.29, 1.82) is 0 Å². The molecule has 0 saturated heterocycles. The minimum absolute atomic E-state index is 0.00853. The number of amides is 1. The predicted molar refractivity (Wildman–Crippen MR) is 76.6 cm³/mol. The normalized spacial score (nSPS) is 10.6. The number of nitrogens with zero attached hydrogens (tertiary/aromatic N) is 1. The van der Waals surface area contributed by atoms with Gasteiger partial charge in [-0.1, -0.05) is 6.92 Å². The van der Waals surface area contributed by atoms with Gasteiger partial charge in [0.1, 0.15) is 6.54 Å². The molecule has 0 N–H and O–H groups in total. The van der Waals surface area contributed by atoms with Gasteiger partial charge in [-0.15, -0.1) is 11.3 Å². The van der Waals surface area contributed by atoms with E-state index in [2.05, 4.69) is 11.7 Å². The first kappa shape index (κ1) is 15.7. The lowest BCUT2D eigenvalue weighted by molar-refractivity contribution is -0.141. The maximum absolute atomic E-state index is 12.4. The lowest BCUT2D eigenvalue weighted by atomic mass is 10.2. The molecule has 5 heteroatoms. The zero-order valence-electron chi connectivity index (χ0n) is 12.1. The molecule has 0 unspecified atom stereocenters. The van der Waals surface area contributed by atoms with Gasteiger partial charge >= 0.3 is 5.97 Å². The van der Waals surface area contributed by atoms with Gasteiger partial charge in [0.05, 0.1) is 12.0 Å². The highest BCUT2D eigenvalue weighted by molar-refractivity contribution is 7.14. The number of carbonyl (C=O) groups is 2. The Morgan fingerprint density at radius 3 is 2.47 bits per heavy atom. The molecule has 0 spiro atoms. The van der Waals surface area contributed by atoms with Crippen LogP contribution in [-0.4, -0.2) is 36.5 Å². The monoisotopic (exact) mass is 283 g/mol. The highest BCUT2D eigenvalue weighted by Gasteiger charge is 2.23. The standard InChI is InChI=1S/C14H21NO3S/c1-6-11-10(4)7-12(19-11)14(17)15(9(2)3)8-13(16)18-5/h7,9H,6,8H2,1-5H3. The van der Waals surface area contributed by atoms with Crippen molar-refractivity contribution in [3.8, 4) is 0 Å². The van der Waals surface area contributed by atoms with Gasteiger partial charge in [0.2, 0.25) is 0 Å². The van der Waals surface area contributed by atoms with Crippen molar-refractivity contribution >= 4 is 23.2 Å². The number of thiophene rings is 1. The first-order valence-electron chi connectivity index (χ1n) is 6.37. The van der Waals surface area contributed by atoms with E-state index >= 15 is 0 Å². The summed E-state index contributed by atoms with van der Waals surface area (Å²) in [6.45, 7) is 7.85. The fraction of sp³-hybridized carbons (Fsp3) is 0.571. The van der Waals surface area contributed by atoms with Gasteiger partial charge in [0, 0.05) is 10.9 Å². The first-order valence-corrected chi connectivity index (χ1v) is 7.19. The van der Waals surface area contributed by atoms with Crippen LogP contribution in [0.4, 0.5) is 0 Å². The molecule has 0 atom stereocenters. The van der Waals surface area contributed by atoms with Crippen LogP contribution >= 0.6 is 11.3 Å². The molecule has 0 aliphatic heterocycles. The van der Waals surface area contributed by atoms with Crippen molar-refractivity contribution in [2.24, 2.45) is 0 Å². The third kappa shape index (κ3) is 3.80. The quantitative estimate of drug-likeness (QED) is 0.780. The van der Waals surface area contributed by atoms with E-state index in [0.717, 1.165) is 12.0 Å². The fourth-order valence-corrected chi connectivity index (χ4v) is 2.88. The molecule has 1 heterocycles. The van der Waals surface area contributed by atoms with E-state index in [4.69, 9.17) is 0 Å². The highest BCUT2D eigenvalue weighted by atomic mass is 32.1. The Morgan fingerprint density at radius 1 is 1.42 bits per heavy atom. The van der Waals surface area contributed by atoms with Crippen molar-refractivity contribution in [2.75, 3.05) is 13.7 Å². The zero-order chi connectivity index (χ0) is 14.6. The van der Waals surface area contributed by atoms with E-state index in [1.54, 1.807) is 0 Å². The molecule has 4 nitrogen and oxygen atoms in total. The molecule has 0 fully saturated rings. The summed E-state index contributed by atoms with van der Waals surface area (Å²) in [5.74, 6) is -0.501. The number of aryl methyl sites for hydroxylation is 2. The Balaban J connectivity index is 2.95. The van der Waals surface area contributed by atoms with Crippen LogP contribution in [0.3, 0.4) is 0 Å². The second kappa shape index (κ2) is 6.70. The van der Waals surface area contributed by atoms with Crippen LogP contribution in [0.5, 0.6) is 0 Å². The molecule has 0 aliphatic carbocycles. The van der Waals surface area contributed by atoms with Gasteiger partial charge < -0.3 is 9.64 Å².